The van der Waals surface area contributed by atoms with E-state index in [9.17, 15) is 13.6 Å². The van der Waals surface area contributed by atoms with Crippen molar-refractivity contribution in [2.45, 2.75) is 38.2 Å². The van der Waals surface area contributed by atoms with E-state index >= 15 is 0 Å². The zero-order valence-electron chi connectivity index (χ0n) is 19.7. The number of nitrogens with two attached hydrogens (primary N) is 1. The Labute approximate surface area is 202 Å². The molecule has 2 aromatic heterocycles. The number of hydrogen-bond donors (Lipinski definition) is 1. The maximum Gasteiger partial charge on any atom is 0.272 e. The lowest BCUT2D eigenvalue weighted by atomic mass is 9.94. The lowest BCUT2D eigenvalue weighted by Gasteiger charge is -2.20. The van der Waals surface area contributed by atoms with Crippen LogP contribution < -0.4 is 20.1 Å². The van der Waals surface area contributed by atoms with Gasteiger partial charge in [-0.2, -0.15) is 5.10 Å². The molecule has 1 aromatic carbocycles. The molecule has 8 nitrogen and oxygen atoms in total. The molecule has 0 bridgehead atoms. The molecule has 0 spiro atoms. The summed E-state index contributed by atoms with van der Waals surface area (Å²) in [6.45, 7) is 2.76. The molecular formula is C25H29F2N5O3. The van der Waals surface area contributed by atoms with Gasteiger partial charge in [0, 0.05) is 44.4 Å². The molecule has 3 aromatic rings. The number of pyridine rings is 1. The van der Waals surface area contributed by atoms with Crippen molar-refractivity contribution in [3.8, 4) is 11.6 Å². The van der Waals surface area contributed by atoms with Crippen molar-refractivity contribution in [3.63, 3.8) is 0 Å². The van der Waals surface area contributed by atoms with E-state index in [-0.39, 0.29) is 23.7 Å². The molecular weight excluding hydrogens is 456 g/mol. The lowest BCUT2D eigenvalue weighted by molar-refractivity contribution is 0.0796. The number of aromatic nitrogens is 3. The highest BCUT2D eigenvalue weighted by atomic mass is 19.3. The van der Waals surface area contributed by atoms with Crippen molar-refractivity contribution < 1.29 is 23.0 Å². The third-order valence-electron chi connectivity index (χ3n) is 6.11. The van der Waals surface area contributed by atoms with Crippen LogP contribution in [0.15, 0.2) is 48.8 Å². The van der Waals surface area contributed by atoms with Gasteiger partial charge in [-0.15, -0.1) is 0 Å². The monoisotopic (exact) mass is 485 g/mol. The predicted molar refractivity (Wildman–Crippen MR) is 128 cm³/mol. The topological polar surface area (TPSA) is 95.5 Å². The second-order valence-corrected chi connectivity index (χ2v) is 8.69. The van der Waals surface area contributed by atoms with Gasteiger partial charge >= 0.3 is 0 Å². The molecule has 35 heavy (non-hydrogen) atoms. The summed E-state index contributed by atoms with van der Waals surface area (Å²) in [4.78, 5) is 18.7. The van der Waals surface area contributed by atoms with Crippen LogP contribution in [0, 0.1) is 0 Å². The molecule has 0 radical (unpaired) electrons. The van der Waals surface area contributed by atoms with Gasteiger partial charge in [0.05, 0.1) is 18.3 Å². The lowest BCUT2D eigenvalue weighted by Crippen LogP contribution is -2.24. The van der Waals surface area contributed by atoms with E-state index < -0.39 is 13.0 Å². The second-order valence-electron chi connectivity index (χ2n) is 8.69. The Morgan fingerprint density at radius 2 is 2.03 bits per heavy atom. The van der Waals surface area contributed by atoms with Crippen LogP contribution in [0.2, 0.25) is 0 Å². The van der Waals surface area contributed by atoms with Gasteiger partial charge < -0.3 is 20.1 Å². The standard InChI is InChI=1S/C25H29F2N5O3/c1-16(11-22(33)21-13-30-31(2)25(21)28)17-3-5-19(6-4-17)35-20-8-10-32(14-20)18-7-9-29-24(12-18)34-15-23(26)27/h3-7,9,12-13,16,20,23H,8,10-11,14-15,28H2,1-2H3/t16-,20?/m1/s1. The van der Waals surface area contributed by atoms with Gasteiger partial charge in [-0.3, -0.25) is 9.48 Å². The van der Waals surface area contributed by atoms with Crippen LogP contribution in [0.4, 0.5) is 20.3 Å². The number of nitrogen functional groups attached to an aromatic ring is 1. The van der Waals surface area contributed by atoms with Gasteiger partial charge in [-0.05, 0) is 29.7 Å². The normalized spacial score (nSPS) is 16.5. The van der Waals surface area contributed by atoms with Crippen LogP contribution in [0.5, 0.6) is 11.6 Å². The third-order valence-corrected chi connectivity index (χ3v) is 6.11. The number of benzene rings is 1. The fraction of sp³-hybridized carbons (Fsp3) is 0.400. The highest BCUT2D eigenvalue weighted by Gasteiger charge is 2.25. The molecule has 2 atom stereocenters. The Morgan fingerprint density at radius 3 is 2.71 bits per heavy atom. The van der Waals surface area contributed by atoms with Gasteiger partial charge in [-0.25, -0.2) is 13.8 Å². The van der Waals surface area contributed by atoms with E-state index in [4.69, 9.17) is 15.2 Å². The SMILES string of the molecule is C[C@H](CC(=O)c1cnn(C)c1N)c1ccc(OC2CCN(c3ccnc(OCC(F)F)c3)C2)cc1. The zero-order chi connectivity index (χ0) is 24.9. The number of alkyl halides is 2. The Hall–Kier alpha value is -3.69. The molecule has 10 heteroatoms. The zero-order valence-corrected chi connectivity index (χ0v) is 19.7. The van der Waals surface area contributed by atoms with Gasteiger partial charge in [0.15, 0.2) is 12.4 Å². The molecule has 186 valence electrons. The van der Waals surface area contributed by atoms with Crippen molar-refractivity contribution in [2.75, 3.05) is 30.3 Å². The number of halogens is 2. The van der Waals surface area contributed by atoms with Crippen LogP contribution in [0.3, 0.4) is 0 Å². The summed E-state index contributed by atoms with van der Waals surface area (Å²) in [5.41, 5.74) is 8.26. The maximum atomic E-state index is 12.6. The first kappa shape index (κ1) is 24.4. The van der Waals surface area contributed by atoms with Crippen LogP contribution >= 0.6 is 0 Å². The first-order chi connectivity index (χ1) is 16.8. The summed E-state index contributed by atoms with van der Waals surface area (Å²) >= 11 is 0. The average Bonchev–Trinajstić information content (AvgIpc) is 3.45. The molecule has 1 fully saturated rings. The van der Waals surface area contributed by atoms with Crippen molar-refractivity contribution in [2.24, 2.45) is 7.05 Å². The third kappa shape index (κ3) is 6.06. The Morgan fingerprint density at radius 1 is 1.26 bits per heavy atom. The molecule has 1 aliphatic rings. The molecule has 3 heterocycles. The minimum Gasteiger partial charge on any atom is -0.489 e. The molecule has 2 N–H and O–H groups in total. The van der Waals surface area contributed by atoms with Crippen LogP contribution in [0.25, 0.3) is 0 Å². The Bertz CT molecular complexity index is 1150. The number of Topliss-reactive ketones (excluding diaryl/α,β-unsaturated/α-hetero) is 1. The summed E-state index contributed by atoms with van der Waals surface area (Å²) < 4.78 is 37.4. The number of carbonyl (C=O) groups is 1. The number of carbonyl (C=O) groups excluding carboxylic acids is 1. The Kier molecular flexibility index (Phi) is 7.48. The van der Waals surface area contributed by atoms with Crippen molar-refractivity contribution in [1.82, 2.24) is 14.8 Å². The summed E-state index contributed by atoms with van der Waals surface area (Å²) in [7, 11) is 1.71. The molecule has 0 amide bonds. The average molecular weight is 486 g/mol. The first-order valence-electron chi connectivity index (χ1n) is 11.5. The molecule has 4 rings (SSSR count). The quantitative estimate of drug-likeness (QED) is 0.433. The number of rotatable bonds is 10. The largest absolute Gasteiger partial charge is 0.489 e. The van der Waals surface area contributed by atoms with Gasteiger partial charge in [0.1, 0.15) is 17.7 Å². The molecule has 0 aliphatic carbocycles. The minimum atomic E-state index is -2.54. The van der Waals surface area contributed by atoms with Gasteiger partial charge in [0.25, 0.3) is 6.43 Å². The summed E-state index contributed by atoms with van der Waals surface area (Å²) in [6, 6.07) is 11.3. The second kappa shape index (κ2) is 10.7. The van der Waals surface area contributed by atoms with E-state index in [0.29, 0.717) is 24.3 Å². The minimum absolute atomic E-state index is 0.00740. The van der Waals surface area contributed by atoms with Crippen molar-refractivity contribution >= 4 is 17.3 Å². The number of ether oxygens (including phenoxy) is 2. The smallest absolute Gasteiger partial charge is 0.272 e. The summed E-state index contributed by atoms with van der Waals surface area (Å²) in [5, 5.41) is 4.04. The summed E-state index contributed by atoms with van der Waals surface area (Å²) in [6.07, 6.45) is 1.68. The summed E-state index contributed by atoms with van der Waals surface area (Å²) in [5.74, 6) is 1.30. The number of nitrogens with zero attached hydrogens (tertiary/aromatic N) is 4. The van der Waals surface area contributed by atoms with Crippen LogP contribution in [0.1, 0.15) is 41.6 Å². The van der Waals surface area contributed by atoms with Gasteiger partial charge in [-0.1, -0.05) is 19.1 Å². The van der Waals surface area contributed by atoms with Gasteiger partial charge in [0.2, 0.25) is 5.88 Å². The molecule has 0 saturated carbocycles. The Balaban J connectivity index is 1.30. The number of ketones is 1. The number of aryl methyl sites for hydroxylation is 1. The van der Waals surface area contributed by atoms with E-state index in [1.807, 2.05) is 37.3 Å². The highest BCUT2D eigenvalue weighted by Crippen LogP contribution is 2.28. The number of anilines is 2. The number of hydrogen-bond acceptors (Lipinski definition) is 7. The van der Waals surface area contributed by atoms with Crippen molar-refractivity contribution in [1.29, 1.82) is 0 Å². The van der Waals surface area contributed by atoms with Crippen LogP contribution in [-0.2, 0) is 7.05 Å². The van der Waals surface area contributed by atoms with Crippen LogP contribution in [-0.4, -0.2) is 52.8 Å². The highest BCUT2D eigenvalue weighted by molar-refractivity contribution is 6.00. The van der Waals surface area contributed by atoms with E-state index in [1.165, 1.54) is 10.9 Å². The van der Waals surface area contributed by atoms with Crippen molar-refractivity contribution in [3.05, 3.63) is 59.9 Å². The molecule has 1 saturated heterocycles. The predicted octanol–water partition coefficient (Wildman–Crippen LogP) is 4.08. The maximum absolute atomic E-state index is 12.6. The van der Waals surface area contributed by atoms with E-state index in [0.717, 1.165) is 30.0 Å². The first-order valence-corrected chi connectivity index (χ1v) is 11.5. The molecule has 1 unspecified atom stereocenters. The van der Waals surface area contributed by atoms with E-state index in [2.05, 4.69) is 15.0 Å². The van der Waals surface area contributed by atoms with E-state index in [1.54, 1.807) is 19.3 Å². The fourth-order valence-electron chi connectivity index (χ4n) is 4.12. The molecule has 1 aliphatic heterocycles. The fourth-order valence-corrected chi connectivity index (χ4v) is 4.12.